The number of likely N-dealkylation sites (N-methyl/N-ethyl adjacent to an activating group) is 1. The molecule has 8 nitrogen and oxygen atoms in total. The summed E-state index contributed by atoms with van der Waals surface area (Å²) < 4.78 is 3.24. The second-order valence-electron chi connectivity index (χ2n) is 9.72. The van der Waals surface area contributed by atoms with E-state index in [1.807, 2.05) is 70.4 Å². The van der Waals surface area contributed by atoms with Gasteiger partial charge < -0.3 is 10.2 Å². The van der Waals surface area contributed by atoms with Gasteiger partial charge in [0.1, 0.15) is 6.07 Å². The highest BCUT2D eigenvalue weighted by Gasteiger charge is 2.23. The van der Waals surface area contributed by atoms with E-state index in [1.165, 1.54) is 0 Å². The fourth-order valence-electron chi connectivity index (χ4n) is 4.65. The number of nitriles is 2. The molecule has 3 aromatic carbocycles. The molecule has 0 aliphatic heterocycles. The van der Waals surface area contributed by atoms with Gasteiger partial charge >= 0.3 is 5.69 Å². The third-order valence-electron chi connectivity index (χ3n) is 6.87. The maximum absolute atomic E-state index is 13.6. The average Bonchev–Trinajstić information content (AvgIpc) is 3.16. The number of hydrogen-bond acceptors (Lipinski definition) is 6. The Labute approximate surface area is 228 Å². The fraction of sp³-hybridized carbons (Fsp3) is 0.226. The minimum absolute atomic E-state index is 0.227. The maximum atomic E-state index is 13.6. The van der Waals surface area contributed by atoms with Crippen LogP contribution < -0.4 is 11.0 Å². The van der Waals surface area contributed by atoms with Gasteiger partial charge in [-0.1, -0.05) is 18.2 Å². The van der Waals surface area contributed by atoms with Gasteiger partial charge in [0.15, 0.2) is 0 Å². The SMILES string of the molecule is C=Nc1ccc(-c2cccc(C#N)c2)cc1-c1c(C)n(C)c(=O)n1-c1cc(C#N)c(NCCN(C)C)cc1C. The highest BCUT2D eigenvalue weighted by atomic mass is 16.1. The lowest BCUT2D eigenvalue weighted by Gasteiger charge is -2.17. The summed E-state index contributed by atoms with van der Waals surface area (Å²) in [6.07, 6.45) is 0. The van der Waals surface area contributed by atoms with Gasteiger partial charge in [0.2, 0.25) is 0 Å². The lowest BCUT2D eigenvalue weighted by atomic mass is 9.98. The van der Waals surface area contributed by atoms with Gasteiger partial charge in [-0.2, -0.15) is 10.5 Å². The van der Waals surface area contributed by atoms with E-state index in [4.69, 9.17) is 0 Å². The Hall–Kier alpha value is -4.92. The Kier molecular flexibility index (Phi) is 7.80. The third-order valence-corrected chi connectivity index (χ3v) is 6.87. The molecule has 0 spiro atoms. The van der Waals surface area contributed by atoms with Crippen LogP contribution in [0.1, 0.15) is 22.4 Å². The van der Waals surface area contributed by atoms with Crippen LogP contribution in [0.15, 0.2) is 64.4 Å². The molecular formula is C31H31N7O. The van der Waals surface area contributed by atoms with Gasteiger partial charge in [0.25, 0.3) is 0 Å². The molecule has 4 aromatic rings. The first-order valence-electron chi connectivity index (χ1n) is 12.5. The number of imidazole rings is 1. The lowest BCUT2D eigenvalue weighted by Crippen LogP contribution is -2.23. The first kappa shape index (κ1) is 27.1. The molecule has 0 aliphatic carbocycles. The van der Waals surface area contributed by atoms with Crippen LogP contribution in [0.3, 0.4) is 0 Å². The smallest absolute Gasteiger partial charge is 0.333 e. The van der Waals surface area contributed by atoms with Gasteiger partial charge in [-0.25, -0.2) is 4.79 Å². The summed E-state index contributed by atoms with van der Waals surface area (Å²) in [6, 6.07) is 21.3. The molecular weight excluding hydrogens is 486 g/mol. The molecule has 0 unspecified atom stereocenters. The zero-order valence-corrected chi connectivity index (χ0v) is 22.9. The van der Waals surface area contributed by atoms with Crippen LogP contribution in [-0.2, 0) is 7.05 Å². The average molecular weight is 518 g/mol. The number of aromatic nitrogens is 2. The van der Waals surface area contributed by atoms with Crippen LogP contribution in [-0.4, -0.2) is 47.9 Å². The number of aryl methyl sites for hydroxylation is 1. The zero-order valence-electron chi connectivity index (χ0n) is 22.9. The summed E-state index contributed by atoms with van der Waals surface area (Å²) >= 11 is 0. The number of benzene rings is 3. The van der Waals surface area contributed by atoms with Gasteiger partial charge in [-0.05, 0) is 87.7 Å². The van der Waals surface area contributed by atoms with Crippen LogP contribution in [0.4, 0.5) is 11.4 Å². The van der Waals surface area contributed by atoms with E-state index in [9.17, 15) is 15.3 Å². The Morgan fingerprint density at radius 2 is 1.77 bits per heavy atom. The maximum Gasteiger partial charge on any atom is 0.333 e. The van der Waals surface area contributed by atoms with E-state index in [2.05, 4.69) is 34.1 Å². The Bertz CT molecular complexity index is 1710. The van der Waals surface area contributed by atoms with Crippen molar-refractivity contribution in [2.75, 3.05) is 32.5 Å². The summed E-state index contributed by atoms with van der Waals surface area (Å²) in [5.74, 6) is 0. The number of anilines is 1. The highest BCUT2D eigenvalue weighted by molar-refractivity contribution is 5.83. The number of hydrogen-bond donors (Lipinski definition) is 1. The van der Waals surface area contributed by atoms with E-state index in [0.29, 0.717) is 34.7 Å². The molecule has 0 atom stereocenters. The van der Waals surface area contributed by atoms with Crippen LogP contribution >= 0.6 is 0 Å². The fourth-order valence-corrected chi connectivity index (χ4v) is 4.65. The van der Waals surface area contributed by atoms with Crippen molar-refractivity contribution in [1.82, 2.24) is 14.0 Å². The quantitative estimate of drug-likeness (QED) is 0.325. The Morgan fingerprint density at radius 3 is 2.44 bits per heavy atom. The Balaban J connectivity index is 1.94. The molecule has 8 heteroatoms. The van der Waals surface area contributed by atoms with E-state index in [-0.39, 0.29) is 5.69 Å². The summed E-state index contributed by atoms with van der Waals surface area (Å²) in [5.41, 5.74) is 7.53. The molecule has 0 saturated heterocycles. The van der Waals surface area contributed by atoms with Crippen LogP contribution in [0.5, 0.6) is 0 Å². The van der Waals surface area contributed by atoms with Gasteiger partial charge in [0.05, 0.1) is 40.0 Å². The Morgan fingerprint density at radius 1 is 1.03 bits per heavy atom. The standard InChI is InChI=1S/C31H31N7O/c1-20-14-28(35-12-13-36(4)5)25(19-33)17-29(20)38-30(21(2)37(6)31(38)39)26-16-24(10-11-27(26)34-3)23-9-7-8-22(15-23)18-32/h7-11,14-17,35H,3,12-13H2,1-2,4-6H3. The second kappa shape index (κ2) is 11.2. The molecule has 0 aliphatic rings. The van der Waals surface area contributed by atoms with Crippen molar-refractivity contribution < 1.29 is 0 Å². The number of nitrogens with one attached hydrogen (secondary N) is 1. The molecule has 0 saturated carbocycles. The van der Waals surface area contributed by atoms with Crippen molar-refractivity contribution in [1.29, 1.82) is 10.5 Å². The largest absolute Gasteiger partial charge is 0.383 e. The molecule has 0 fully saturated rings. The minimum atomic E-state index is -0.227. The van der Waals surface area contributed by atoms with Crippen LogP contribution in [0, 0.1) is 36.5 Å². The molecule has 1 aromatic heterocycles. The predicted molar refractivity (Wildman–Crippen MR) is 157 cm³/mol. The van der Waals surface area contributed by atoms with Gasteiger partial charge in [-0.15, -0.1) is 0 Å². The van der Waals surface area contributed by atoms with E-state index in [0.717, 1.165) is 40.2 Å². The molecule has 1 N–H and O–H groups in total. The summed E-state index contributed by atoms with van der Waals surface area (Å²) in [6.45, 7) is 9.09. The van der Waals surface area contributed by atoms with E-state index in [1.54, 1.807) is 28.3 Å². The topological polar surface area (TPSA) is 102 Å². The molecule has 4 rings (SSSR count). The number of aliphatic imine (C=N–C) groups is 1. The first-order valence-corrected chi connectivity index (χ1v) is 12.5. The van der Waals surface area contributed by atoms with Gasteiger partial charge in [-0.3, -0.25) is 14.1 Å². The normalized spacial score (nSPS) is 10.8. The van der Waals surface area contributed by atoms with Crippen molar-refractivity contribution in [3.8, 4) is 40.2 Å². The van der Waals surface area contributed by atoms with Gasteiger partial charge in [0, 0.05) is 31.4 Å². The molecule has 39 heavy (non-hydrogen) atoms. The number of nitrogens with zero attached hydrogens (tertiary/aromatic N) is 6. The van der Waals surface area contributed by atoms with Crippen LogP contribution in [0.25, 0.3) is 28.1 Å². The molecule has 0 bridgehead atoms. The van der Waals surface area contributed by atoms with Crippen molar-refractivity contribution in [2.24, 2.45) is 12.0 Å². The highest BCUT2D eigenvalue weighted by Crippen LogP contribution is 2.38. The van der Waals surface area contributed by atoms with Crippen molar-refractivity contribution >= 4 is 18.1 Å². The minimum Gasteiger partial charge on any atom is -0.383 e. The van der Waals surface area contributed by atoms with E-state index >= 15 is 0 Å². The number of rotatable bonds is 8. The van der Waals surface area contributed by atoms with Crippen molar-refractivity contribution in [3.63, 3.8) is 0 Å². The summed E-state index contributed by atoms with van der Waals surface area (Å²) in [5, 5.41) is 22.7. The van der Waals surface area contributed by atoms with E-state index < -0.39 is 0 Å². The molecule has 1 heterocycles. The van der Waals surface area contributed by atoms with Crippen molar-refractivity contribution in [2.45, 2.75) is 13.8 Å². The van der Waals surface area contributed by atoms with Crippen molar-refractivity contribution in [3.05, 3.63) is 87.5 Å². The molecule has 0 radical (unpaired) electrons. The summed E-state index contributed by atoms with van der Waals surface area (Å²) in [7, 11) is 5.72. The molecule has 0 amide bonds. The monoisotopic (exact) mass is 517 g/mol. The zero-order chi connectivity index (χ0) is 28.3. The van der Waals surface area contributed by atoms with Crippen LogP contribution in [0.2, 0.25) is 0 Å². The third kappa shape index (κ3) is 5.24. The molecule has 196 valence electrons. The second-order valence-corrected chi connectivity index (χ2v) is 9.72. The lowest BCUT2D eigenvalue weighted by molar-refractivity contribution is 0.425. The first-order chi connectivity index (χ1) is 18.7. The predicted octanol–water partition coefficient (Wildman–Crippen LogP) is 5.18. The summed E-state index contributed by atoms with van der Waals surface area (Å²) in [4.78, 5) is 20.0.